The molecule has 1 heterocycles. The maximum absolute atomic E-state index is 14.1. The molecule has 0 unspecified atom stereocenters. The zero-order valence-corrected chi connectivity index (χ0v) is 11.7. The van der Waals surface area contributed by atoms with E-state index in [4.69, 9.17) is 0 Å². The summed E-state index contributed by atoms with van der Waals surface area (Å²) in [5, 5.41) is 13.9. The SMILES string of the molecule is CCc1c(C)nn(-c2ccc([C@H](C)O)cc2F)c1C. The van der Waals surface area contributed by atoms with Gasteiger partial charge < -0.3 is 5.11 Å². The van der Waals surface area contributed by atoms with Crippen molar-refractivity contribution in [3.8, 4) is 5.69 Å². The Labute approximate surface area is 112 Å². The van der Waals surface area contributed by atoms with Crippen molar-refractivity contribution in [3.05, 3.63) is 46.5 Å². The van der Waals surface area contributed by atoms with E-state index in [0.717, 1.165) is 23.4 Å². The molecule has 0 aliphatic heterocycles. The van der Waals surface area contributed by atoms with Crippen molar-refractivity contribution in [3.63, 3.8) is 0 Å². The van der Waals surface area contributed by atoms with Gasteiger partial charge in [0.25, 0.3) is 0 Å². The first kappa shape index (κ1) is 13.7. The molecule has 0 aliphatic rings. The Balaban J connectivity index is 2.54. The molecule has 0 saturated heterocycles. The highest BCUT2D eigenvalue weighted by atomic mass is 19.1. The number of nitrogens with zero attached hydrogens (tertiary/aromatic N) is 2. The fourth-order valence-electron chi connectivity index (χ4n) is 2.38. The number of aliphatic hydroxyl groups excluding tert-OH is 1. The summed E-state index contributed by atoms with van der Waals surface area (Å²) in [6.07, 6.45) is 0.209. The molecular formula is C15H19FN2O. The largest absolute Gasteiger partial charge is 0.389 e. The normalized spacial score (nSPS) is 12.7. The number of benzene rings is 1. The Morgan fingerprint density at radius 1 is 1.37 bits per heavy atom. The Kier molecular flexibility index (Phi) is 3.71. The zero-order valence-electron chi connectivity index (χ0n) is 11.7. The average Bonchev–Trinajstić information content (AvgIpc) is 2.64. The van der Waals surface area contributed by atoms with E-state index in [2.05, 4.69) is 12.0 Å². The molecule has 1 aromatic heterocycles. The van der Waals surface area contributed by atoms with E-state index >= 15 is 0 Å². The van der Waals surface area contributed by atoms with Gasteiger partial charge in [-0.2, -0.15) is 5.10 Å². The summed E-state index contributed by atoms with van der Waals surface area (Å²) < 4.78 is 15.8. The second-order valence-corrected chi connectivity index (χ2v) is 4.80. The number of aryl methyl sites for hydroxylation is 1. The van der Waals surface area contributed by atoms with Crippen molar-refractivity contribution in [1.82, 2.24) is 9.78 Å². The predicted octanol–water partition coefficient (Wildman–Crippen LogP) is 3.24. The third kappa shape index (κ3) is 2.40. The van der Waals surface area contributed by atoms with Gasteiger partial charge >= 0.3 is 0 Å². The first-order valence-corrected chi connectivity index (χ1v) is 6.48. The highest BCUT2D eigenvalue weighted by molar-refractivity contribution is 5.40. The van der Waals surface area contributed by atoms with Crippen LogP contribution in [0.5, 0.6) is 0 Å². The Morgan fingerprint density at radius 2 is 2.05 bits per heavy atom. The molecule has 0 bridgehead atoms. The van der Waals surface area contributed by atoms with Gasteiger partial charge in [0.05, 0.1) is 11.8 Å². The molecule has 2 aromatic rings. The summed E-state index contributed by atoms with van der Waals surface area (Å²) in [6.45, 7) is 7.56. The van der Waals surface area contributed by atoms with Gasteiger partial charge in [0.1, 0.15) is 11.5 Å². The van der Waals surface area contributed by atoms with Gasteiger partial charge in [0, 0.05) is 5.69 Å². The summed E-state index contributed by atoms with van der Waals surface area (Å²) in [6, 6.07) is 4.75. The predicted molar refractivity (Wildman–Crippen MR) is 73.0 cm³/mol. The first-order chi connectivity index (χ1) is 8.95. The molecule has 1 N–H and O–H groups in total. The van der Waals surface area contributed by atoms with Crippen LogP contribution < -0.4 is 0 Å². The van der Waals surface area contributed by atoms with Crippen molar-refractivity contribution >= 4 is 0 Å². The smallest absolute Gasteiger partial charge is 0.149 e. The minimum atomic E-state index is -0.671. The van der Waals surface area contributed by atoms with Crippen molar-refractivity contribution < 1.29 is 9.50 Å². The third-order valence-electron chi connectivity index (χ3n) is 3.48. The number of aliphatic hydroxyl groups is 1. The van der Waals surface area contributed by atoms with E-state index < -0.39 is 6.10 Å². The summed E-state index contributed by atoms with van der Waals surface area (Å²) >= 11 is 0. The van der Waals surface area contributed by atoms with Crippen LogP contribution in [0.3, 0.4) is 0 Å². The lowest BCUT2D eigenvalue weighted by Gasteiger charge is -2.10. The molecule has 2 rings (SSSR count). The molecule has 3 nitrogen and oxygen atoms in total. The minimum Gasteiger partial charge on any atom is -0.389 e. The summed E-state index contributed by atoms with van der Waals surface area (Å²) in [5.74, 6) is -0.369. The van der Waals surface area contributed by atoms with Crippen LogP contribution in [0.4, 0.5) is 4.39 Å². The number of hydrogen-bond donors (Lipinski definition) is 1. The molecule has 102 valence electrons. The Bertz CT molecular complexity index is 602. The molecule has 4 heteroatoms. The Hall–Kier alpha value is -1.68. The second-order valence-electron chi connectivity index (χ2n) is 4.80. The highest BCUT2D eigenvalue weighted by Crippen LogP contribution is 2.23. The molecule has 0 spiro atoms. The van der Waals surface area contributed by atoms with Gasteiger partial charge in [-0.3, -0.25) is 0 Å². The van der Waals surface area contributed by atoms with Crippen LogP contribution in [-0.2, 0) is 6.42 Å². The van der Waals surface area contributed by atoms with Crippen molar-refractivity contribution in [1.29, 1.82) is 0 Å². The number of rotatable bonds is 3. The monoisotopic (exact) mass is 262 g/mol. The van der Waals surface area contributed by atoms with Crippen molar-refractivity contribution in [2.75, 3.05) is 0 Å². The summed E-state index contributed by atoms with van der Waals surface area (Å²) in [4.78, 5) is 0. The molecular weight excluding hydrogens is 243 g/mol. The number of aromatic nitrogens is 2. The Morgan fingerprint density at radius 3 is 2.53 bits per heavy atom. The first-order valence-electron chi connectivity index (χ1n) is 6.48. The van der Waals surface area contributed by atoms with Crippen LogP contribution in [0.2, 0.25) is 0 Å². The standard InChI is InChI=1S/C15H19FN2O/c1-5-13-9(2)17-18(10(13)3)15-7-6-12(11(4)19)8-14(15)16/h6-8,11,19H,5H2,1-4H3/t11-/m0/s1. The van der Waals surface area contributed by atoms with Crippen LogP contribution >= 0.6 is 0 Å². The van der Waals surface area contributed by atoms with Gasteiger partial charge in [-0.15, -0.1) is 0 Å². The second kappa shape index (κ2) is 5.13. The lowest BCUT2D eigenvalue weighted by atomic mass is 10.1. The summed E-state index contributed by atoms with van der Waals surface area (Å²) in [7, 11) is 0. The topological polar surface area (TPSA) is 38.0 Å². The average molecular weight is 262 g/mol. The van der Waals surface area contributed by atoms with Crippen molar-refractivity contribution in [2.24, 2.45) is 0 Å². The van der Waals surface area contributed by atoms with Crippen LogP contribution in [-0.4, -0.2) is 14.9 Å². The fourth-order valence-corrected chi connectivity index (χ4v) is 2.38. The lowest BCUT2D eigenvalue weighted by molar-refractivity contribution is 0.199. The van der Waals surface area contributed by atoms with Gasteiger partial charge in [-0.25, -0.2) is 9.07 Å². The van der Waals surface area contributed by atoms with Crippen LogP contribution in [0.15, 0.2) is 18.2 Å². The van der Waals surface area contributed by atoms with Crippen molar-refractivity contribution in [2.45, 2.75) is 40.2 Å². The van der Waals surface area contributed by atoms with Gasteiger partial charge in [-0.05, 0) is 50.5 Å². The van der Waals surface area contributed by atoms with E-state index in [0.29, 0.717) is 11.3 Å². The van der Waals surface area contributed by atoms with Crippen LogP contribution in [0, 0.1) is 19.7 Å². The fraction of sp³-hybridized carbons (Fsp3) is 0.400. The molecule has 0 radical (unpaired) electrons. The molecule has 0 saturated carbocycles. The number of halogens is 1. The highest BCUT2D eigenvalue weighted by Gasteiger charge is 2.15. The van der Waals surface area contributed by atoms with Crippen LogP contribution in [0.25, 0.3) is 5.69 Å². The van der Waals surface area contributed by atoms with E-state index in [1.807, 2.05) is 13.8 Å². The van der Waals surface area contributed by atoms with E-state index in [1.54, 1.807) is 23.7 Å². The van der Waals surface area contributed by atoms with Gasteiger partial charge in [0.15, 0.2) is 0 Å². The van der Waals surface area contributed by atoms with E-state index in [-0.39, 0.29) is 5.82 Å². The molecule has 0 amide bonds. The molecule has 0 aliphatic carbocycles. The maximum atomic E-state index is 14.1. The molecule has 1 atom stereocenters. The van der Waals surface area contributed by atoms with E-state index in [9.17, 15) is 9.50 Å². The third-order valence-corrected chi connectivity index (χ3v) is 3.48. The zero-order chi connectivity index (χ0) is 14.2. The molecule has 1 aromatic carbocycles. The maximum Gasteiger partial charge on any atom is 0.149 e. The lowest BCUT2D eigenvalue weighted by Crippen LogP contribution is -2.04. The van der Waals surface area contributed by atoms with Gasteiger partial charge in [0.2, 0.25) is 0 Å². The van der Waals surface area contributed by atoms with Gasteiger partial charge in [-0.1, -0.05) is 13.0 Å². The molecule has 0 fully saturated rings. The quantitative estimate of drug-likeness (QED) is 0.922. The summed E-state index contributed by atoms with van der Waals surface area (Å²) in [5.41, 5.74) is 4.03. The van der Waals surface area contributed by atoms with Crippen LogP contribution in [0.1, 0.15) is 42.5 Å². The molecule has 19 heavy (non-hydrogen) atoms. The number of hydrogen-bond acceptors (Lipinski definition) is 2. The minimum absolute atomic E-state index is 0.369. The van der Waals surface area contributed by atoms with E-state index in [1.165, 1.54) is 6.07 Å².